The van der Waals surface area contributed by atoms with Crippen LogP contribution in [0, 0.1) is 6.92 Å². The molecule has 1 atom stereocenters. The monoisotopic (exact) mass is 564 g/mol. The zero-order chi connectivity index (χ0) is 28.1. The van der Waals surface area contributed by atoms with Crippen molar-refractivity contribution >= 4 is 33.4 Å². The lowest BCUT2D eigenvalue weighted by molar-refractivity contribution is -0.130. The highest BCUT2D eigenvalue weighted by Crippen LogP contribution is 2.31. The van der Waals surface area contributed by atoms with E-state index in [-0.39, 0.29) is 29.9 Å². The third-order valence-corrected chi connectivity index (χ3v) is 8.46. The van der Waals surface area contributed by atoms with E-state index < -0.39 is 27.9 Å². The molecule has 38 heavy (non-hydrogen) atoms. The minimum absolute atomic E-state index is 0.0947. The predicted molar refractivity (Wildman–Crippen MR) is 148 cm³/mol. The Morgan fingerprint density at radius 3 is 2.55 bits per heavy atom. The van der Waals surface area contributed by atoms with Gasteiger partial charge in [0.2, 0.25) is 21.8 Å². The Morgan fingerprint density at radius 2 is 1.92 bits per heavy atom. The third-order valence-electron chi connectivity index (χ3n) is 6.19. The van der Waals surface area contributed by atoms with Crippen molar-refractivity contribution in [3.63, 3.8) is 0 Å². The van der Waals surface area contributed by atoms with Gasteiger partial charge in [-0.05, 0) is 75.9 Å². The number of aryl methyl sites for hydroxylation is 2. The molecule has 1 saturated heterocycles. The van der Waals surface area contributed by atoms with E-state index in [1.54, 1.807) is 12.1 Å². The number of carbonyl (C=O) groups excluding carboxylic acids is 2. The van der Waals surface area contributed by atoms with Crippen LogP contribution in [0.3, 0.4) is 0 Å². The number of piperazine rings is 1. The molecule has 2 heterocycles. The summed E-state index contributed by atoms with van der Waals surface area (Å²) in [6.07, 6.45) is 1.82. The van der Waals surface area contributed by atoms with Crippen molar-refractivity contribution in [1.82, 2.24) is 14.9 Å². The molecule has 0 radical (unpaired) electrons. The predicted octanol–water partition coefficient (Wildman–Crippen LogP) is 2.91. The largest absolute Gasteiger partial charge is 0.493 e. The van der Waals surface area contributed by atoms with Gasteiger partial charge in [0.1, 0.15) is 11.8 Å². The number of hydrogen-bond donors (Lipinski definition) is 3. The van der Waals surface area contributed by atoms with E-state index in [2.05, 4.69) is 43.5 Å². The molecule has 2 aromatic rings. The standard InChI is InChI=1S/C14H20ClNO.C13H17N3O4S/c1-14(2,3)16-9-11-8-13-10(7-12(11)15)5-4-6-17-13;1-9-2-4-10(5-3-9)21(19,20)16-7-6-15-13(18)11(16)8-12(14)17/h7-8,16H,4-6,9H2,1-3H3;2-5,11H,6-8H2,1H3,(H2,14,17)(H,15,18). The van der Waals surface area contributed by atoms with Gasteiger partial charge >= 0.3 is 0 Å². The summed E-state index contributed by atoms with van der Waals surface area (Å²) < 4.78 is 32.0. The summed E-state index contributed by atoms with van der Waals surface area (Å²) in [7, 11) is -3.84. The zero-order valence-corrected chi connectivity index (χ0v) is 23.9. The summed E-state index contributed by atoms with van der Waals surface area (Å²) >= 11 is 6.29. The Morgan fingerprint density at radius 1 is 1.24 bits per heavy atom. The quantitative estimate of drug-likeness (QED) is 0.494. The van der Waals surface area contributed by atoms with Gasteiger partial charge in [-0.3, -0.25) is 9.59 Å². The SMILES string of the molecule is CC(C)(C)NCc1cc2c(cc1Cl)CCCO2.Cc1ccc(S(=O)(=O)N2CCNC(=O)C2CC(N)=O)cc1. The van der Waals surface area contributed by atoms with Crippen LogP contribution in [-0.4, -0.2) is 55.8 Å². The van der Waals surface area contributed by atoms with Crippen molar-refractivity contribution in [2.45, 2.75) is 70.0 Å². The van der Waals surface area contributed by atoms with E-state index in [0.717, 1.165) is 52.2 Å². The van der Waals surface area contributed by atoms with Crippen LogP contribution >= 0.6 is 11.6 Å². The van der Waals surface area contributed by atoms with Crippen LogP contribution in [0.2, 0.25) is 5.02 Å². The molecule has 1 unspecified atom stereocenters. The van der Waals surface area contributed by atoms with Crippen LogP contribution in [0.4, 0.5) is 0 Å². The Balaban J connectivity index is 0.000000215. The number of hydrogen-bond acceptors (Lipinski definition) is 6. The maximum atomic E-state index is 12.6. The Hall–Kier alpha value is -2.66. The molecule has 0 aromatic heterocycles. The van der Waals surface area contributed by atoms with Gasteiger partial charge in [-0.2, -0.15) is 4.31 Å². The smallest absolute Gasteiger partial charge is 0.243 e. The van der Waals surface area contributed by atoms with E-state index in [0.29, 0.717) is 0 Å². The Labute approximate surface area is 230 Å². The molecule has 2 aliphatic rings. The van der Waals surface area contributed by atoms with Gasteiger partial charge < -0.3 is 21.1 Å². The fraction of sp³-hybridized carbons (Fsp3) is 0.481. The first-order valence-electron chi connectivity index (χ1n) is 12.6. The van der Waals surface area contributed by atoms with Crippen molar-refractivity contribution in [1.29, 1.82) is 0 Å². The van der Waals surface area contributed by atoms with Crippen LogP contribution in [0.1, 0.15) is 50.3 Å². The Kier molecular flexibility index (Phi) is 9.80. The van der Waals surface area contributed by atoms with Crippen LogP contribution in [0.15, 0.2) is 41.3 Å². The van der Waals surface area contributed by atoms with E-state index in [1.807, 2.05) is 6.92 Å². The van der Waals surface area contributed by atoms with E-state index in [4.69, 9.17) is 22.1 Å². The fourth-order valence-corrected chi connectivity index (χ4v) is 5.96. The number of fused-ring (bicyclic) bond motifs is 1. The second-order valence-corrected chi connectivity index (χ2v) is 12.8. The molecule has 2 amide bonds. The molecule has 2 aliphatic heterocycles. The molecular formula is C27H37ClN4O5S. The summed E-state index contributed by atoms with van der Waals surface area (Å²) in [6.45, 7) is 10.2. The van der Waals surface area contributed by atoms with E-state index >= 15 is 0 Å². The van der Waals surface area contributed by atoms with Gasteiger partial charge in [0.05, 0.1) is 17.9 Å². The second kappa shape index (κ2) is 12.5. The van der Waals surface area contributed by atoms with Crippen molar-refractivity contribution in [3.8, 4) is 5.75 Å². The number of carbonyl (C=O) groups is 2. The molecule has 208 valence electrons. The number of benzene rings is 2. The average molecular weight is 565 g/mol. The van der Waals surface area contributed by atoms with E-state index in [9.17, 15) is 18.0 Å². The Bertz CT molecular complexity index is 1260. The minimum atomic E-state index is -3.84. The number of nitrogens with zero attached hydrogens (tertiary/aromatic N) is 1. The number of nitrogens with one attached hydrogen (secondary N) is 2. The lowest BCUT2D eigenvalue weighted by atomic mass is 10.0. The summed E-state index contributed by atoms with van der Waals surface area (Å²) in [6, 6.07) is 9.37. The summed E-state index contributed by atoms with van der Waals surface area (Å²) in [5, 5.41) is 6.83. The number of primary amides is 1. The molecule has 1 fully saturated rings. The van der Waals surface area contributed by atoms with E-state index in [1.165, 1.54) is 17.7 Å². The summed E-state index contributed by atoms with van der Waals surface area (Å²) in [5.41, 5.74) is 8.49. The first-order valence-corrected chi connectivity index (χ1v) is 14.4. The molecule has 11 heteroatoms. The molecule has 4 rings (SSSR count). The fourth-order valence-electron chi connectivity index (χ4n) is 4.12. The van der Waals surface area contributed by atoms with Crippen molar-refractivity contribution in [2.75, 3.05) is 19.7 Å². The average Bonchev–Trinajstić information content (AvgIpc) is 2.84. The minimum Gasteiger partial charge on any atom is -0.493 e. The lowest BCUT2D eigenvalue weighted by Gasteiger charge is -2.33. The van der Waals surface area contributed by atoms with Gasteiger partial charge in [-0.25, -0.2) is 8.42 Å². The molecule has 0 saturated carbocycles. The molecule has 0 bridgehead atoms. The van der Waals surface area contributed by atoms with Gasteiger partial charge in [-0.1, -0.05) is 29.3 Å². The summed E-state index contributed by atoms with van der Waals surface area (Å²) in [5.74, 6) is -0.219. The third kappa shape index (κ3) is 7.92. The molecule has 0 aliphatic carbocycles. The van der Waals surface area contributed by atoms with Crippen molar-refractivity contribution < 1.29 is 22.7 Å². The number of sulfonamides is 1. The van der Waals surface area contributed by atoms with Crippen LogP contribution < -0.4 is 21.1 Å². The number of halogens is 1. The number of ether oxygens (including phenoxy) is 1. The number of amides is 2. The highest BCUT2D eigenvalue weighted by Gasteiger charge is 2.39. The second-order valence-electron chi connectivity index (χ2n) is 10.5. The van der Waals surface area contributed by atoms with Crippen molar-refractivity contribution in [2.24, 2.45) is 5.73 Å². The molecule has 2 aromatic carbocycles. The summed E-state index contributed by atoms with van der Waals surface area (Å²) in [4.78, 5) is 23.0. The topological polar surface area (TPSA) is 131 Å². The first kappa shape index (κ1) is 29.9. The van der Waals surface area contributed by atoms with Crippen molar-refractivity contribution in [3.05, 3.63) is 58.1 Å². The number of rotatable bonds is 6. The maximum Gasteiger partial charge on any atom is 0.243 e. The lowest BCUT2D eigenvalue weighted by Crippen LogP contribution is -2.58. The van der Waals surface area contributed by atoms with Crippen LogP contribution in [0.5, 0.6) is 5.75 Å². The van der Waals surface area contributed by atoms with Crippen LogP contribution in [0.25, 0.3) is 0 Å². The molecule has 9 nitrogen and oxygen atoms in total. The van der Waals surface area contributed by atoms with Gasteiger partial charge in [0, 0.05) is 30.2 Å². The molecule has 4 N–H and O–H groups in total. The molecule has 0 spiro atoms. The van der Waals surface area contributed by atoms with Gasteiger partial charge in [0.25, 0.3) is 0 Å². The number of nitrogens with two attached hydrogens (primary N) is 1. The highest BCUT2D eigenvalue weighted by atomic mass is 35.5. The zero-order valence-electron chi connectivity index (χ0n) is 22.3. The van der Waals surface area contributed by atoms with Gasteiger partial charge in [-0.15, -0.1) is 0 Å². The first-order chi connectivity index (χ1) is 17.8. The maximum absolute atomic E-state index is 12.6. The van der Waals surface area contributed by atoms with Crippen LogP contribution in [-0.2, 0) is 32.6 Å². The van der Waals surface area contributed by atoms with Gasteiger partial charge in [0.15, 0.2) is 0 Å². The molecular weight excluding hydrogens is 528 g/mol. The highest BCUT2D eigenvalue weighted by molar-refractivity contribution is 7.89. The normalized spacial score (nSPS) is 17.9.